The average Bonchev–Trinajstić information content (AvgIpc) is 3.48. The number of fused-ring (bicyclic) bond motifs is 1. The number of hydrogen-bond acceptors (Lipinski definition) is 8. The quantitative estimate of drug-likeness (QED) is 0.425. The highest BCUT2D eigenvalue weighted by atomic mass is 16.5. The lowest BCUT2D eigenvalue weighted by Gasteiger charge is -2.27. The minimum atomic E-state index is 0.730. The smallest absolute Gasteiger partial charge is 0.158 e. The Morgan fingerprint density at radius 1 is 1.05 bits per heavy atom. The molecule has 0 atom stereocenters. The predicted octanol–water partition coefficient (Wildman–Crippen LogP) is 4.99. The zero-order chi connectivity index (χ0) is 27.0. The van der Waals surface area contributed by atoms with Crippen LogP contribution >= 0.6 is 0 Å². The van der Waals surface area contributed by atoms with Gasteiger partial charge in [0.15, 0.2) is 11.6 Å². The molecule has 0 amide bonds. The summed E-state index contributed by atoms with van der Waals surface area (Å²) in [6.07, 6.45) is 14.4. The Kier molecular flexibility index (Phi) is 13.0. The Balaban J connectivity index is 0.000000233. The molecule has 0 saturated carbocycles. The Morgan fingerprint density at radius 3 is 2.43 bits per heavy atom. The molecule has 0 bridgehead atoms. The second-order valence-electron chi connectivity index (χ2n) is 8.20. The molecule has 3 aliphatic rings. The van der Waals surface area contributed by atoms with Crippen LogP contribution in [0.2, 0.25) is 0 Å². The van der Waals surface area contributed by atoms with Crippen LogP contribution in [-0.2, 0) is 15.9 Å². The van der Waals surface area contributed by atoms with E-state index < -0.39 is 0 Å². The van der Waals surface area contributed by atoms with Crippen molar-refractivity contribution in [2.24, 2.45) is 5.10 Å². The molecule has 0 N–H and O–H groups in total. The fraction of sp³-hybridized carbons (Fsp3) is 0.464. The largest absolute Gasteiger partial charge is 0.493 e. The molecule has 0 radical (unpaired) electrons. The van der Waals surface area contributed by atoms with Gasteiger partial charge in [0.25, 0.3) is 0 Å². The zero-order valence-corrected chi connectivity index (χ0v) is 23.0. The molecular weight excluding hydrogens is 466 g/mol. The second-order valence-corrected chi connectivity index (χ2v) is 8.20. The van der Waals surface area contributed by atoms with Crippen LogP contribution in [0.4, 0.5) is 5.82 Å². The van der Waals surface area contributed by atoms with Gasteiger partial charge in [0.2, 0.25) is 0 Å². The van der Waals surface area contributed by atoms with E-state index in [2.05, 4.69) is 61.7 Å². The molecule has 200 valence electrons. The highest BCUT2D eigenvalue weighted by Gasteiger charge is 2.17. The van der Waals surface area contributed by atoms with Crippen LogP contribution in [0.1, 0.15) is 51.0 Å². The number of allylic oxidation sites excluding steroid dienone is 6. The third-order valence-electron chi connectivity index (χ3n) is 5.52. The molecule has 2 aliphatic heterocycles. The molecule has 2 aromatic rings. The summed E-state index contributed by atoms with van der Waals surface area (Å²) in [6.45, 7) is 20.8. The van der Waals surface area contributed by atoms with Crippen molar-refractivity contribution in [3.8, 4) is 0 Å². The fourth-order valence-electron chi connectivity index (χ4n) is 3.73. The van der Waals surface area contributed by atoms with Crippen molar-refractivity contribution in [3.05, 3.63) is 77.5 Å². The Morgan fingerprint density at radius 2 is 1.78 bits per heavy atom. The lowest BCUT2D eigenvalue weighted by Crippen LogP contribution is -2.36. The number of aromatic nitrogens is 5. The molecule has 1 aliphatic carbocycles. The Hall–Kier alpha value is -3.59. The van der Waals surface area contributed by atoms with E-state index in [4.69, 9.17) is 9.47 Å². The third-order valence-corrected chi connectivity index (χ3v) is 5.52. The number of nitrogens with zero attached hydrogens (tertiary/aromatic N) is 7. The summed E-state index contributed by atoms with van der Waals surface area (Å²) >= 11 is 0. The van der Waals surface area contributed by atoms with Gasteiger partial charge in [0, 0.05) is 32.6 Å². The number of ether oxygens (including phenoxy) is 2. The summed E-state index contributed by atoms with van der Waals surface area (Å²) in [5.41, 5.74) is 3.54. The van der Waals surface area contributed by atoms with Crippen molar-refractivity contribution in [2.45, 2.75) is 53.9 Å². The molecule has 0 spiro atoms. The third kappa shape index (κ3) is 9.09. The van der Waals surface area contributed by atoms with E-state index in [0.717, 1.165) is 81.1 Å². The van der Waals surface area contributed by atoms with Crippen molar-refractivity contribution < 1.29 is 9.47 Å². The van der Waals surface area contributed by atoms with Gasteiger partial charge in [-0.2, -0.15) is 5.10 Å². The predicted molar refractivity (Wildman–Crippen MR) is 150 cm³/mol. The average molecular weight is 508 g/mol. The van der Waals surface area contributed by atoms with Crippen molar-refractivity contribution >= 4 is 12.5 Å². The highest BCUT2D eigenvalue weighted by Crippen LogP contribution is 2.28. The first-order valence-electron chi connectivity index (χ1n) is 12.8. The van der Waals surface area contributed by atoms with Gasteiger partial charge in [0.05, 0.1) is 37.9 Å². The van der Waals surface area contributed by atoms with E-state index in [1.54, 1.807) is 16.9 Å². The van der Waals surface area contributed by atoms with Crippen LogP contribution in [0.5, 0.6) is 0 Å². The van der Waals surface area contributed by atoms with Crippen LogP contribution in [0.25, 0.3) is 0 Å². The van der Waals surface area contributed by atoms with Gasteiger partial charge < -0.3 is 14.4 Å². The molecule has 2 fully saturated rings. The van der Waals surface area contributed by atoms with Crippen molar-refractivity contribution in [2.75, 3.05) is 37.8 Å². The SMILES string of the molecule is C=CC.C=Nn1c(C)nnc1CC1=CC=C2OCCC2=CC1.CC.Cc1cnc(N2CCOCC2)cn1. The van der Waals surface area contributed by atoms with Gasteiger partial charge in [-0.05, 0) is 38.8 Å². The van der Waals surface area contributed by atoms with Crippen LogP contribution in [0.15, 0.2) is 65.3 Å². The molecular formula is C28H41N7O2. The van der Waals surface area contributed by atoms with Crippen LogP contribution in [0.3, 0.4) is 0 Å². The van der Waals surface area contributed by atoms with E-state index in [1.165, 1.54) is 11.1 Å². The van der Waals surface area contributed by atoms with Crippen molar-refractivity contribution in [1.29, 1.82) is 0 Å². The molecule has 9 nitrogen and oxygen atoms in total. The number of morpholine rings is 1. The monoisotopic (exact) mass is 507 g/mol. The molecule has 5 rings (SSSR count). The Labute approximate surface area is 221 Å². The van der Waals surface area contributed by atoms with Crippen molar-refractivity contribution in [1.82, 2.24) is 24.8 Å². The van der Waals surface area contributed by atoms with Gasteiger partial charge in [-0.15, -0.1) is 16.8 Å². The standard InChI is InChI=1S/C14H16N4O.C9H13N3O.C3H6.C2H6/c1-10-16-17-14(18(10)15-2)9-11-3-5-12-7-8-19-13(12)6-4-11;1-8-6-11-9(7-10-8)12-2-4-13-5-3-12;1-3-2;1-2/h4-6H,2-3,7-9H2,1H3;6-7H,2-5H2,1H3;3H,1H2,2H3;1-2H3. The van der Waals surface area contributed by atoms with Gasteiger partial charge >= 0.3 is 0 Å². The van der Waals surface area contributed by atoms with Crippen LogP contribution in [-0.4, -0.2) is 64.5 Å². The lowest BCUT2D eigenvalue weighted by atomic mass is 10.1. The molecule has 2 saturated heterocycles. The Bertz CT molecular complexity index is 1080. The molecule has 9 heteroatoms. The van der Waals surface area contributed by atoms with E-state index in [0.29, 0.717) is 0 Å². The maximum Gasteiger partial charge on any atom is 0.158 e. The molecule has 0 unspecified atom stereocenters. The summed E-state index contributed by atoms with van der Waals surface area (Å²) in [7, 11) is 0. The molecule has 37 heavy (non-hydrogen) atoms. The van der Waals surface area contributed by atoms with Gasteiger partial charge in [0.1, 0.15) is 11.6 Å². The van der Waals surface area contributed by atoms with E-state index in [-0.39, 0.29) is 0 Å². The zero-order valence-electron chi connectivity index (χ0n) is 23.0. The minimum absolute atomic E-state index is 0.730. The normalized spacial score (nSPS) is 15.8. The van der Waals surface area contributed by atoms with E-state index in [9.17, 15) is 0 Å². The minimum Gasteiger partial charge on any atom is -0.493 e. The summed E-state index contributed by atoms with van der Waals surface area (Å²) < 4.78 is 12.5. The molecule has 4 heterocycles. The summed E-state index contributed by atoms with van der Waals surface area (Å²) in [5, 5.41) is 12.1. The summed E-state index contributed by atoms with van der Waals surface area (Å²) in [4.78, 5) is 10.7. The summed E-state index contributed by atoms with van der Waals surface area (Å²) in [5.74, 6) is 3.54. The first-order valence-corrected chi connectivity index (χ1v) is 12.8. The number of rotatable bonds is 4. The lowest BCUT2D eigenvalue weighted by molar-refractivity contribution is 0.122. The maximum absolute atomic E-state index is 5.57. The van der Waals surface area contributed by atoms with E-state index >= 15 is 0 Å². The number of anilines is 1. The van der Waals surface area contributed by atoms with Crippen molar-refractivity contribution in [3.63, 3.8) is 0 Å². The molecule has 2 aromatic heterocycles. The number of aryl methyl sites for hydroxylation is 2. The molecule has 0 aromatic carbocycles. The summed E-state index contributed by atoms with van der Waals surface area (Å²) in [6, 6.07) is 0. The second kappa shape index (κ2) is 16.2. The van der Waals surface area contributed by atoms with Gasteiger partial charge in [-0.25, -0.2) is 9.66 Å². The van der Waals surface area contributed by atoms with Crippen LogP contribution < -0.4 is 4.90 Å². The highest BCUT2D eigenvalue weighted by molar-refractivity contribution is 5.38. The number of hydrogen-bond donors (Lipinski definition) is 0. The van der Waals surface area contributed by atoms with Crippen LogP contribution in [0, 0.1) is 13.8 Å². The topological polar surface area (TPSA) is 90.5 Å². The van der Waals surface area contributed by atoms with E-state index in [1.807, 2.05) is 40.8 Å². The fourth-order valence-corrected chi connectivity index (χ4v) is 3.73. The maximum atomic E-state index is 5.57. The first kappa shape index (κ1) is 29.6. The van der Waals surface area contributed by atoms with Gasteiger partial charge in [-0.3, -0.25) is 4.98 Å². The van der Waals surface area contributed by atoms with Gasteiger partial charge in [-0.1, -0.05) is 37.6 Å². The first-order chi connectivity index (χ1) is 18.0.